The van der Waals surface area contributed by atoms with E-state index < -0.39 is 0 Å². The maximum Gasteiger partial charge on any atom is 0.322 e. The van der Waals surface area contributed by atoms with Crippen molar-refractivity contribution >= 4 is 29.1 Å². The summed E-state index contributed by atoms with van der Waals surface area (Å²) in [6.07, 6.45) is 1.47. The van der Waals surface area contributed by atoms with Gasteiger partial charge in [0.05, 0.1) is 11.8 Å². The van der Waals surface area contributed by atoms with Gasteiger partial charge in [-0.3, -0.25) is 10.4 Å². The van der Waals surface area contributed by atoms with E-state index in [1.807, 2.05) is 0 Å². The van der Waals surface area contributed by atoms with Crippen molar-refractivity contribution in [2.24, 2.45) is 5.73 Å². The Hall–Kier alpha value is -1.63. The van der Waals surface area contributed by atoms with Gasteiger partial charge in [0.1, 0.15) is 10.8 Å². The Balaban J connectivity index is 2.82. The quantitative estimate of drug-likeness (QED) is 0.610. The van der Waals surface area contributed by atoms with Crippen LogP contribution in [0.4, 0.5) is 10.6 Å². The van der Waals surface area contributed by atoms with Crippen LogP contribution < -0.4 is 11.1 Å². The van der Waals surface area contributed by atoms with Crippen LogP contribution in [0.2, 0.25) is 0 Å². The van der Waals surface area contributed by atoms with Gasteiger partial charge in [-0.05, 0) is 0 Å². The SMILES string of the molecule is CN(C)C(=O)Nc1[nH]ncc1C(N)=S. The molecule has 1 aromatic heterocycles. The minimum Gasteiger partial charge on any atom is -0.389 e. The summed E-state index contributed by atoms with van der Waals surface area (Å²) in [5.74, 6) is 0.413. The first-order valence-electron chi connectivity index (χ1n) is 3.84. The van der Waals surface area contributed by atoms with Crippen LogP contribution in [0, 0.1) is 0 Å². The summed E-state index contributed by atoms with van der Waals surface area (Å²) in [5, 5.41) is 8.90. The number of aromatic amines is 1. The number of nitrogens with one attached hydrogen (secondary N) is 2. The fourth-order valence-electron chi connectivity index (χ4n) is 0.787. The monoisotopic (exact) mass is 213 g/mol. The number of amides is 2. The number of thiocarbonyl (C=S) groups is 1. The molecule has 0 radical (unpaired) electrons. The van der Waals surface area contributed by atoms with Crippen LogP contribution in [0.25, 0.3) is 0 Å². The molecule has 0 atom stereocenters. The van der Waals surface area contributed by atoms with Crippen LogP contribution in [0.5, 0.6) is 0 Å². The number of rotatable bonds is 2. The van der Waals surface area contributed by atoms with Crippen LogP contribution in [0.1, 0.15) is 5.56 Å². The van der Waals surface area contributed by atoms with Crippen LogP contribution >= 0.6 is 12.2 Å². The molecule has 0 spiro atoms. The van der Waals surface area contributed by atoms with E-state index in [1.54, 1.807) is 14.1 Å². The van der Waals surface area contributed by atoms with Crippen LogP contribution in [-0.2, 0) is 0 Å². The van der Waals surface area contributed by atoms with Crippen LogP contribution in [0.3, 0.4) is 0 Å². The van der Waals surface area contributed by atoms with Gasteiger partial charge < -0.3 is 10.6 Å². The number of anilines is 1. The number of carbonyl (C=O) groups excluding carboxylic acids is 1. The van der Waals surface area contributed by atoms with Crippen molar-refractivity contribution in [3.63, 3.8) is 0 Å². The lowest BCUT2D eigenvalue weighted by Crippen LogP contribution is -2.28. The summed E-state index contributed by atoms with van der Waals surface area (Å²) in [6.45, 7) is 0. The summed E-state index contributed by atoms with van der Waals surface area (Å²) < 4.78 is 0. The van der Waals surface area contributed by atoms with Gasteiger partial charge in [0.15, 0.2) is 0 Å². The van der Waals surface area contributed by atoms with Crippen molar-refractivity contribution in [3.8, 4) is 0 Å². The van der Waals surface area contributed by atoms with Crippen molar-refractivity contribution in [2.75, 3.05) is 19.4 Å². The first-order chi connectivity index (χ1) is 6.52. The van der Waals surface area contributed by atoms with Gasteiger partial charge in [-0.15, -0.1) is 0 Å². The highest BCUT2D eigenvalue weighted by Crippen LogP contribution is 2.10. The average Bonchev–Trinajstić information content (AvgIpc) is 2.52. The van der Waals surface area contributed by atoms with Gasteiger partial charge in [-0.1, -0.05) is 12.2 Å². The molecule has 0 aliphatic carbocycles. The predicted octanol–water partition coefficient (Wildman–Crippen LogP) is 0.137. The Morgan fingerprint density at radius 3 is 2.86 bits per heavy atom. The highest BCUT2D eigenvalue weighted by Gasteiger charge is 2.11. The fraction of sp³-hybridized carbons (Fsp3) is 0.286. The third kappa shape index (κ3) is 2.19. The lowest BCUT2D eigenvalue weighted by Gasteiger charge is -2.11. The zero-order valence-electron chi connectivity index (χ0n) is 7.87. The molecule has 0 saturated heterocycles. The van der Waals surface area contributed by atoms with Gasteiger partial charge in [-0.2, -0.15) is 5.10 Å². The van der Waals surface area contributed by atoms with Crippen molar-refractivity contribution in [2.45, 2.75) is 0 Å². The molecule has 0 aromatic carbocycles. The molecule has 0 bridgehead atoms. The van der Waals surface area contributed by atoms with Crippen molar-refractivity contribution in [1.29, 1.82) is 0 Å². The first kappa shape index (κ1) is 10.5. The summed E-state index contributed by atoms with van der Waals surface area (Å²) in [5.41, 5.74) is 5.94. The lowest BCUT2D eigenvalue weighted by atomic mass is 10.3. The minimum atomic E-state index is -0.272. The van der Waals surface area contributed by atoms with E-state index in [1.165, 1.54) is 11.1 Å². The second kappa shape index (κ2) is 4.05. The third-order valence-electron chi connectivity index (χ3n) is 1.54. The Labute approximate surface area is 86.5 Å². The third-order valence-corrected chi connectivity index (χ3v) is 1.76. The molecule has 1 aromatic rings. The van der Waals surface area contributed by atoms with Gasteiger partial charge in [0, 0.05) is 14.1 Å². The minimum absolute atomic E-state index is 0.188. The normalized spacial score (nSPS) is 9.57. The topological polar surface area (TPSA) is 87.0 Å². The largest absolute Gasteiger partial charge is 0.389 e. The summed E-state index contributed by atoms with van der Waals surface area (Å²) >= 11 is 4.77. The van der Waals surface area contributed by atoms with E-state index in [0.29, 0.717) is 11.4 Å². The van der Waals surface area contributed by atoms with Gasteiger partial charge in [0.2, 0.25) is 0 Å². The summed E-state index contributed by atoms with van der Waals surface area (Å²) in [7, 11) is 3.26. The number of hydrogen-bond acceptors (Lipinski definition) is 3. The zero-order valence-corrected chi connectivity index (χ0v) is 8.68. The fourth-order valence-corrected chi connectivity index (χ4v) is 0.942. The second-order valence-electron chi connectivity index (χ2n) is 2.85. The number of hydrogen-bond donors (Lipinski definition) is 3. The molecule has 4 N–H and O–H groups in total. The van der Waals surface area contributed by atoms with Crippen LogP contribution in [-0.4, -0.2) is 40.2 Å². The maximum atomic E-state index is 11.3. The summed E-state index contributed by atoms with van der Waals surface area (Å²) in [4.78, 5) is 12.8. The highest BCUT2D eigenvalue weighted by molar-refractivity contribution is 7.80. The van der Waals surface area contributed by atoms with E-state index >= 15 is 0 Å². The predicted molar refractivity (Wildman–Crippen MR) is 57.2 cm³/mol. The molecule has 0 unspecified atom stereocenters. The standard InChI is InChI=1S/C7H11N5OS/c1-12(2)7(13)10-6-4(5(8)14)3-9-11-6/h3H,1-2H3,(H2,8,14)(H2,9,10,11,13). The number of nitrogens with zero attached hydrogens (tertiary/aromatic N) is 2. The maximum absolute atomic E-state index is 11.3. The molecular weight excluding hydrogens is 202 g/mol. The highest BCUT2D eigenvalue weighted by atomic mass is 32.1. The molecule has 0 fully saturated rings. The Kier molecular flexibility index (Phi) is 3.03. The van der Waals surface area contributed by atoms with Crippen LogP contribution in [0.15, 0.2) is 6.20 Å². The van der Waals surface area contributed by atoms with E-state index in [9.17, 15) is 4.79 Å². The Morgan fingerprint density at radius 2 is 2.36 bits per heavy atom. The molecule has 0 saturated carbocycles. The zero-order chi connectivity index (χ0) is 10.7. The number of urea groups is 1. The van der Waals surface area contributed by atoms with Crippen molar-refractivity contribution in [3.05, 3.63) is 11.8 Å². The molecule has 0 aliphatic heterocycles. The number of carbonyl (C=O) groups is 1. The van der Waals surface area contributed by atoms with Gasteiger partial charge >= 0.3 is 6.03 Å². The molecule has 0 aliphatic rings. The molecule has 2 amide bonds. The van der Waals surface area contributed by atoms with Crippen molar-refractivity contribution < 1.29 is 4.79 Å². The molecule has 76 valence electrons. The number of H-pyrrole nitrogens is 1. The van der Waals surface area contributed by atoms with E-state index in [2.05, 4.69) is 15.5 Å². The Morgan fingerprint density at radius 1 is 1.71 bits per heavy atom. The number of nitrogens with two attached hydrogens (primary N) is 1. The molecule has 7 heteroatoms. The van der Waals surface area contributed by atoms with E-state index in [-0.39, 0.29) is 11.0 Å². The smallest absolute Gasteiger partial charge is 0.322 e. The molecular formula is C7H11N5OS. The Bertz CT molecular complexity index is 359. The summed E-state index contributed by atoms with van der Waals surface area (Å²) in [6, 6.07) is -0.272. The average molecular weight is 213 g/mol. The lowest BCUT2D eigenvalue weighted by molar-refractivity contribution is 0.230. The van der Waals surface area contributed by atoms with Crippen molar-refractivity contribution in [1.82, 2.24) is 15.1 Å². The van der Waals surface area contributed by atoms with Gasteiger partial charge in [0.25, 0.3) is 0 Å². The number of aromatic nitrogens is 2. The van der Waals surface area contributed by atoms with E-state index in [4.69, 9.17) is 18.0 Å². The first-order valence-corrected chi connectivity index (χ1v) is 4.24. The molecule has 14 heavy (non-hydrogen) atoms. The molecule has 6 nitrogen and oxygen atoms in total. The second-order valence-corrected chi connectivity index (χ2v) is 3.29. The van der Waals surface area contributed by atoms with Gasteiger partial charge in [-0.25, -0.2) is 4.79 Å². The van der Waals surface area contributed by atoms with E-state index in [0.717, 1.165) is 0 Å². The molecule has 1 rings (SSSR count). The molecule has 1 heterocycles.